The van der Waals surface area contributed by atoms with Crippen LogP contribution in [0, 0.1) is 0 Å². The molecule has 1 N–H and O–H groups in total. The predicted octanol–water partition coefficient (Wildman–Crippen LogP) is 1.16. The van der Waals surface area contributed by atoms with Gasteiger partial charge in [0, 0.05) is 20.2 Å². The summed E-state index contributed by atoms with van der Waals surface area (Å²) in [5.41, 5.74) is 0. The fourth-order valence-corrected chi connectivity index (χ4v) is 1.66. The molecule has 0 bridgehead atoms. The zero-order chi connectivity index (χ0) is 12.5. The molecule has 6 nitrogen and oxygen atoms in total. The van der Waals surface area contributed by atoms with Crippen LogP contribution in [0.15, 0.2) is 0 Å². The van der Waals surface area contributed by atoms with E-state index in [2.05, 4.69) is 34.7 Å². The van der Waals surface area contributed by atoms with Crippen LogP contribution < -0.4 is 5.32 Å². The molecule has 1 atom stereocenters. The molecule has 0 saturated heterocycles. The number of aromatic nitrogens is 4. The van der Waals surface area contributed by atoms with Gasteiger partial charge in [-0.15, -0.1) is 5.10 Å². The SMILES string of the molecule is CCCCCn1nnnc1C(C)NCCOC. The lowest BCUT2D eigenvalue weighted by atomic mass is 10.2. The number of nitrogens with zero attached hydrogens (tertiary/aromatic N) is 4. The summed E-state index contributed by atoms with van der Waals surface area (Å²) in [7, 11) is 1.70. The molecule has 1 rings (SSSR count). The minimum atomic E-state index is 0.154. The van der Waals surface area contributed by atoms with Crippen molar-refractivity contribution in [2.75, 3.05) is 20.3 Å². The third-order valence-corrected chi connectivity index (χ3v) is 2.68. The van der Waals surface area contributed by atoms with E-state index in [-0.39, 0.29) is 6.04 Å². The van der Waals surface area contributed by atoms with Crippen LogP contribution in [0.4, 0.5) is 0 Å². The second-order valence-corrected chi connectivity index (χ2v) is 4.14. The van der Waals surface area contributed by atoms with E-state index in [9.17, 15) is 0 Å². The fraction of sp³-hybridized carbons (Fsp3) is 0.909. The van der Waals surface area contributed by atoms with Crippen molar-refractivity contribution >= 4 is 0 Å². The smallest absolute Gasteiger partial charge is 0.167 e. The second kappa shape index (κ2) is 8.14. The van der Waals surface area contributed by atoms with E-state index in [4.69, 9.17) is 4.74 Å². The van der Waals surface area contributed by atoms with Crippen molar-refractivity contribution in [1.82, 2.24) is 25.5 Å². The molecule has 0 saturated carbocycles. The van der Waals surface area contributed by atoms with Gasteiger partial charge in [0.1, 0.15) is 0 Å². The standard InChI is InChI=1S/C11H23N5O/c1-4-5-6-8-16-11(13-14-15-16)10(2)12-7-9-17-3/h10,12H,4-9H2,1-3H3. The number of hydrogen-bond acceptors (Lipinski definition) is 5. The van der Waals surface area contributed by atoms with E-state index in [1.54, 1.807) is 7.11 Å². The van der Waals surface area contributed by atoms with Crippen molar-refractivity contribution in [3.8, 4) is 0 Å². The molecule has 1 aromatic rings. The van der Waals surface area contributed by atoms with Crippen molar-refractivity contribution in [3.05, 3.63) is 5.82 Å². The van der Waals surface area contributed by atoms with Crippen molar-refractivity contribution < 1.29 is 4.74 Å². The highest BCUT2D eigenvalue weighted by atomic mass is 16.5. The van der Waals surface area contributed by atoms with Crippen LogP contribution in [-0.2, 0) is 11.3 Å². The summed E-state index contributed by atoms with van der Waals surface area (Å²) >= 11 is 0. The molecule has 0 spiro atoms. The van der Waals surface area contributed by atoms with Crippen LogP contribution in [0.1, 0.15) is 45.0 Å². The third kappa shape index (κ3) is 4.79. The average Bonchev–Trinajstić information content (AvgIpc) is 2.78. The van der Waals surface area contributed by atoms with E-state index in [0.29, 0.717) is 6.61 Å². The summed E-state index contributed by atoms with van der Waals surface area (Å²) in [4.78, 5) is 0. The zero-order valence-corrected chi connectivity index (χ0v) is 11.0. The molecule has 0 aliphatic carbocycles. The van der Waals surface area contributed by atoms with E-state index >= 15 is 0 Å². The lowest BCUT2D eigenvalue weighted by Crippen LogP contribution is -2.25. The number of rotatable bonds is 9. The third-order valence-electron chi connectivity index (χ3n) is 2.68. The Morgan fingerprint density at radius 1 is 1.41 bits per heavy atom. The maximum atomic E-state index is 5.00. The number of unbranched alkanes of at least 4 members (excludes halogenated alkanes) is 2. The van der Waals surface area contributed by atoms with Gasteiger partial charge in [-0.25, -0.2) is 4.68 Å². The van der Waals surface area contributed by atoms with Gasteiger partial charge in [-0.2, -0.15) is 0 Å². The Morgan fingerprint density at radius 3 is 2.94 bits per heavy atom. The molecule has 6 heteroatoms. The molecule has 98 valence electrons. The minimum absolute atomic E-state index is 0.154. The highest BCUT2D eigenvalue weighted by molar-refractivity contribution is 4.89. The Labute approximate surface area is 103 Å². The number of tetrazole rings is 1. The van der Waals surface area contributed by atoms with Gasteiger partial charge in [-0.1, -0.05) is 19.8 Å². The van der Waals surface area contributed by atoms with Gasteiger partial charge in [-0.3, -0.25) is 0 Å². The van der Waals surface area contributed by atoms with Crippen molar-refractivity contribution in [2.24, 2.45) is 0 Å². The van der Waals surface area contributed by atoms with Crippen LogP contribution in [-0.4, -0.2) is 40.5 Å². The molecule has 1 heterocycles. The number of hydrogen-bond donors (Lipinski definition) is 1. The van der Waals surface area contributed by atoms with Crippen LogP contribution >= 0.6 is 0 Å². The molecule has 0 amide bonds. The largest absolute Gasteiger partial charge is 0.383 e. The molecule has 0 aromatic carbocycles. The van der Waals surface area contributed by atoms with Crippen LogP contribution in [0.3, 0.4) is 0 Å². The first kappa shape index (κ1) is 14.1. The molecular formula is C11H23N5O. The Balaban J connectivity index is 2.43. The lowest BCUT2D eigenvalue weighted by molar-refractivity contribution is 0.195. The van der Waals surface area contributed by atoms with Crippen LogP contribution in [0.25, 0.3) is 0 Å². The van der Waals surface area contributed by atoms with Crippen molar-refractivity contribution in [2.45, 2.75) is 45.7 Å². The van der Waals surface area contributed by atoms with Crippen LogP contribution in [0.2, 0.25) is 0 Å². The van der Waals surface area contributed by atoms with Crippen molar-refractivity contribution in [3.63, 3.8) is 0 Å². The number of ether oxygens (including phenoxy) is 1. The topological polar surface area (TPSA) is 64.9 Å². The molecule has 0 radical (unpaired) electrons. The zero-order valence-electron chi connectivity index (χ0n) is 11.0. The predicted molar refractivity (Wildman–Crippen MR) is 65.6 cm³/mol. The summed E-state index contributed by atoms with van der Waals surface area (Å²) in [6.45, 7) is 6.65. The van der Waals surface area contributed by atoms with E-state index < -0.39 is 0 Å². The highest BCUT2D eigenvalue weighted by Crippen LogP contribution is 2.08. The number of methoxy groups -OCH3 is 1. The number of nitrogens with one attached hydrogen (secondary N) is 1. The van der Waals surface area contributed by atoms with Gasteiger partial charge in [0.25, 0.3) is 0 Å². The van der Waals surface area contributed by atoms with Gasteiger partial charge in [0.15, 0.2) is 5.82 Å². The average molecular weight is 241 g/mol. The fourth-order valence-electron chi connectivity index (χ4n) is 1.66. The maximum absolute atomic E-state index is 5.00. The van der Waals surface area contributed by atoms with Gasteiger partial charge in [0.05, 0.1) is 12.6 Å². The van der Waals surface area contributed by atoms with E-state index in [0.717, 1.165) is 25.3 Å². The molecule has 17 heavy (non-hydrogen) atoms. The monoisotopic (exact) mass is 241 g/mol. The summed E-state index contributed by atoms with van der Waals surface area (Å²) in [6, 6.07) is 0.154. The van der Waals surface area contributed by atoms with Gasteiger partial charge in [0.2, 0.25) is 0 Å². The van der Waals surface area contributed by atoms with Gasteiger partial charge in [-0.05, 0) is 23.8 Å². The summed E-state index contributed by atoms with van der Waals surface area (Å²) in [5.74, 6) is 0.900. The Bertz CT molecular complexity index is 302. The summed E-state index contributed by atoms with van der Waals surface area (Å²) < 4.78 is 6.89. The molecule has 1 aromatic heterocycles. The Hall–Kier alpha value is -1.01. The minimum Gasteiger partial charge on any atom is -0.383 e. The Morgan fingerprint density at radius 2 is 2.24 bits per heavy atom. The first-order valence-corrected chi connectivity index (χ1v) is 6.28. The molecule has 0 fully saturated rings. The van der Waals surface area contributed by atoms with Gasteiger partial charge >= 0.3 is 0 Å². The summed E-state index contributed by atoms with van der Waals surface area (Å²) in [5, 5.41) is 15.2. The molecule has 0 aliphatic rings. The van der Waals surface area contributed by atoms with Gasteiger partial charge < -0.3 is 10.1 Å². The lowest BCUT2D eigenvalue weighted by Gasteiger charge is -2.13. The molecular weight excluding hydrogens is 218 g/mol. The highest BCUT2D eigenvalue weighted by Gasteiger charge is 2.13. The van der Waals surface area contributed by atoms with E-state index in [1.807, 2.05) is 4.68 Å². The normalized spacial score (nSPS) is 12.9. The molecule has 1 unspecified atom stereocenters. The van der Waals surface area contributed by atoms with Crippen molar-refractivity contribution in [1.29, 1.82) is 0 Å². The Kier molecular flexibility index (Phi) is 6.73. The van der Waals surface area contributed by atoms with E-state index in [1.165, 1.54) is 12.8 Å². The molecule has 0 aliphatic heterocycles. The van der Waals surface area contributed by atoms with Crippen LogP contribution in [0.5, 0.6) is 0 Å². The number of aryl methyl sites for hydroxylation is 1. The first-order valence-electron chi connectivity index (χ1n) is 6.28. The maximum Gasteiger partial charge on any atom is 0.167 e. The second-order valence-electron chi connectivity index (χ2n) is 4.14. The summed E-state index contributed by atoms with van der Waals surface area (Å²) in [6.07, 6.45) is 3.54. The first-order chi connectivity index (χ1) is 8.29. The quantitative estimate of drug-likeness (QED) is 0.657.